The second-order valence-electron chi connectivity index (χ2n) is 4.05. The fraction of sp³-hybridized carbons (Fsp3) is 0.700. The van der Waals surface area contributed by atoms with Crippen molar-refractivity contribution in [2.45, 2.75) is 25.1 Å². The Labute approximate surface area is 103 Å². The van der Waals surface area contributed by atoms with Gasteiger partial charge in [0.2, 0.25) is 0 Å². The first-order valence-electron chi connectivity index (χ1n) is 5.49. The van der Waals surface area contributed by atoms with Gasteiger partial charge in [-0.2, -0.15) is 18.3 Å². The second kappa shape index (κ2) is 6.72. The van der Waals surface area contributed by atoms with Crippen molar-refractivity contribution < 1.29 is 17.9 Å². The van der Waals surface area contributed by atoms with E-state index in [0.717, 1.165) is 5.56 Å². The van der Waals surface area contributed by atoms with E-state index < -0.39 is 12.8 Å². The summed E-state index contributed by atoms with van der Waals surface area (Å²) in [5.74, 6) is 5.26. The van der Waals surface area contributed by atoms with Crippen LogP contribution in [0.25, 0.3) is 0 Å². The molecule has 1 heterocycles. The minimum atomic E-state index is -4.30. The quantitative estimate of drug-likeness (QED) is 0.565. The van der Waals surface area contributed by atoms with Crippen molar-refractivity contribution in [2.24, 2.45) is 12.9 Å². The van der Waals surface area contributed by atoms with Gasteiger partial charge in [-0.3, -0.25) is 16.0 Å². The van der Waals surface area contributed by atoms with Gasteiger partial charge in [-0.25, -0.2) is 0 Å². The van der Waals surface area contributed by atoms with Gasteiger partial charge in [0.05, 0.1) is 12.8 Å². The third-order valence-electron chi connectivity index (χ3n) is 2.36. The van der Waals surface area contributed by atoms with Gasteiger partial charge in [0, 0.05) is 19.3 Å². The Morgan fingerprint density at radius 1 is 1.56 bits per heavy atom. The number of alkyl halides is 3. The molecule has 0 aliphatic heterocycles. The topological polar surface area (TPSA) is 65.1 Å². The van der Waals surface area contributed by atoms with Gasteiger partial charge < -0.3 is 4.74 Å². The van der Waals surface area contributed by atoms with Crippen LogP contribution in [0.15, 0.2) is 12.4 Å². The lowest BCUT2D eigenvalue weighted by Gasteiger charge is -2.16. The van der Waals surface area contributed by atoms with E-state index in [2.05, 4.69) is 15.3 Å². The zero-order valence-electron chi connectivity index (χ0n) is 10.1. The van der Waals surface area contributed by atoms with E-state index >= 15 is 0 Å². The Hall–Kier alpha value is -1.12. The summed E-state index contributed by atoms with van der Waals surface area (Å²) in [6.45, 7) is -1.33. The Bertz CT molecular complexity index is 353. The van der Waals surface area contributed by atoms with Crippen LogP contribution in [-0.4, -0.2) is 35.2 Å². The molecule has 3 N–H and O–H groups in total. The highest BCUT2D eigenvalue weighted by Gasteiger charge is 2.27. The molecule has 5 nitrogen and oxygen atoms in total. The highest BCUT2D eigenvalue weighted by molar-refractivity contribution is 5.03. The van der Waals surface area contributed by atoms with Crippen LogP contribution in [-0.2, 0) is 18.2 Å². The van der Waals surface area contributed by atoms with Gasteiger partial charge in [-0.15, -0.1) is 0 Å². The molecular weight excluding hydrogens is 249 g/mol. The molecule has 104 valence electrons. The summed E-state index contributed by atoms with van der Waals surface area (Å²) < 4.78 is 41.9. The highest BCUT2D eigenvalue weighted by atomic mass is 19.4. The van der Waals surface area contributed by atoms with Crippen molar-refractivity contribution >= 4 is 0 Å². The van der Waals surface area contributed by atoms with E-state index in [-0.39, 0.29) is 12.6 Å². The van der Waals surface area contributed by atoms with Gasteiger partial charge in [0.25, 0.3) is 0 Å². The Kier molecular flexibility index (Phi) is 5.57. The number of halogens is 3. The lowest BCUT2D eigenvalue weighted by Crippen LogP contribution is -2.39. The van der Waals surface area contributed by atoms with Gasteiger partial charge in [-0.1, -0.05) is 0 Å². The SMILES string of the molecule is Cn1cc(CCC(COCC(F)(F)F)NN)cn1. The molecule has 0 fully saturated rings. The second-order valence-corrected chi connectivity index (χ2v) is 4.05. The predicted molar refractivity (Wildman–Crippen MR) is 59.5 cm³/mol. The lowest BCUT2D eigenvalue weighted by molar-refractivity contribution is -0.175. The molecule has 1 atom stereocenters. The summed E-state index contributed by atoms with van der Waals surface area (Å²) in [4.78, 5) is 0. The maximum atomic E-state index is 11.9. The number of aromatic nitrogens is 2. The van der Waals surface area contributed by atoms with Crippen LogP contribution in [0.2, 0.25) is 0 Å². The van der Waals surface area contributed by atoms with Crippen LogP contribution < -0.4 is 11.3 Å². The van der Waals surface area contributed by atoms with Gasteiger partial charge in [0.15, 0.2) is 0 Å². The van der Waals surface area contributed by atoms with Crippen molar-refractivity contribution in [3.05, 3.63) is 18.0 Å². The standard InChI is InChI=1S/C10H17F3N4O/c1-17-5-8(4-15-17)2-3-9(16-14)6-18-7-10(11,12)13/h4-5,9,16H,2-3,6-7,14H2,1H3. The third-order valence-corrected chi connectivity index (χ3v) is 2.36. The summed E-state index contributed by atoms with van der Waals surface area (Å²) in [6, 6.07) is -0.312. The fourth-order valence-electron chi connectivity index (χ4n) is 1.47. The van der Waals surface area contributed by atoms with E-state index in [1.807, 2.05) is 6.20 Å². The molecular formula is C10H17F3N4O. The summed E-state index contributed by atoms with van der Waals surface area (Å²) in [7, 11) is 1.80. The van der Waals surface area contributed by atoms with E-state index in [1.165, 1.54) is 0 Å². The molecule has 0 aromatic carbocycles. The molecule has 1 rings (SSSR count). The van der Waals surface area contributed by atoms with Crippen LogP contribution in [0.4, 0.5) is 13.2 Å². The molecule has 0 saturated carbocycles. The van der Waals surface area contributed by atoms with Gasteiger partial charge in [-0.05, 0) is 18.4 Å². The zero-order chi connectivity index (χ0) is 13.6. The molecule has 0 saturated heterocycles. The van der Waals surface area contributed by atoms with E-state index in [9.17, 15) is 13.2 Å². The summed E-state index contributed by atoms with van der Waals surface area (Å²) in [5, 5.41) is 4.00. The summed E-state index contributed by atoms with van der Waals surface area (Å²) in [6.07, 6.45) is 0.523. The van der Waals surface area contributed by atoms with E-state index in [0.29, 0.717) is 12.8 Å². The number of nitrogens with zero attached hydrogens (tertiary/aromatic N) is 2. The number of nitrogens with two attached hydrogens (primary N) is 1. The molecule has 18 heavy (non-hydrogen) atoms. The third kappa shape index (κ3) is 5.99. The van der Waals surface area contributed by atoms with Gasteiger partial charge in [0.1, 0.15) is 6.61 Å². The molecule has 8 heteroatoms. The normalized spacial score (nSPS) is 13.8. The van der Waals surface area contributed by atoms with Crippen molar-refractivity contribution in [2.75, 3.05) is 13.2 Å². The van der Waals surface area contributed by atoms with E-state index in [4.69, 9.17) is 5.84 Å². The smallest absolute Gasteiger partial charge is 0.370 e. The Morgan fingerprint density at radius 3 is 2.78 bits per heavy atom. The molecule has 1 aromatic rings. The van der Waals surface area contributed by atoms with E-state index in [1.54, 1.807) is 17.9 Å². The molecule has 0 aliphatic carbocycles. The number of rotatable bonds is 7. The molecule has 0 amide bonds. The van der Waals surface area contributed by atoms with Gasteiger partial charge >= 0.3 is 6.18 Å². The highest BCUT2D eigenvalue weighted by Crippen LogP contribution is 2.14. The first-order chi connectivity index (χ1) is 8.40. The number of ether oxygens (including phenoxy) is 1. The number of hydrogen-bond acceptors (Lipinski definition) is 4. The first-order valence-corrected chi connectivity index (χ1v) is 5.49. The number of hydrogen-bond donors (Lipinski definition) is 2. The van der Waals surface area contributed by atoms with Crippen molar-refractivity contribution in [1.29, 1.82) is 0 Å². The Balaban J connectivity index is 2.25. The maximum absolute atomic E-state index is 11.9. The summed E-state index contributed by atoms with van der Waals surface area (Å²) >= 11 is 0. The van der Waals surface area contributed by atoms with Crippen molar-refractivity contribution in [1.82, 2.24) is 15.2 Å². The average Bonchev–Trinajstić information content (AvgIpc) is 2.67. The fourth-order valence-corrected chi connectivity index (χ4v) is 1.47. The maximum Gasteiger partial charge on any atom is 0.411 e. The number of aryl methyl sites for hydroxylation is 2. The lowest BCUT2D eigenvalue weighted by atomic mass is 10.1. The molecule has 0 aliphatic rings. The van der Waals surface area contributed by atoms with Crippen LogP contribution >= 0.6 is 0 Å². The number of nitrogens with one attached hydrogen (secondary N) is 1. The minimum Gasteiger partial charge on any atom is -0.370 e. The zero-order valence-corrected chi connectivity index (χ0v) is 10.1. The Morgan fingerprint density at radius 2 is 2.28 bits per heavy atom. The molecule has 0 spiro atoms. The minimum absolute atomic E-state index is 0.0731. The van der Waals surface area contributed by atoms with Crippen LogP contribution in [0, 0.1) is 0 Å². The van der Waals surface area contributed by atoms with Crippen molar-refractivity contribution in [3.63, 3.8) is 0 Å². The molecule has 1 unspecified atom stereocenters. The number of hydrazine groups is 1. The average molecular weight is 266 g/mol. The molecule has 1 aromatic heterocycles. The predicted octanol–water partition coefficient (Wildman–Crippen LogP) is 0.764. The van der Waals surface area contributed by atoms with Crippen LogP contribution in [0.5, 0.6) is 0 Å². The molecule has 0 radical (unpaired) electrons. The largest absolute Gasteiger partial charge is 0.411 e. The van der Waals surface area contributed by atoms with Crippen LogP contribution in [0.1, 0.15) is 12.0 Å². The summed E-state index contributed by atoms with van der Waals surface area (Å²) in [5.41, 5.74) is 3.45. The first kappa shape index (κ1) is 14.9. The monoisotopic (exact) mass is 266 g/mol. The molecule has 0 bridgehead atoms. The van der Waals surface area contributed by atoms with Crippen molar-refractivity contribution in [3.8, 4) is 0 Å². The van der Waals surface area contributed by atoms with Crippen LogP contribution in [0.3, 0.4) is 0 Å².